The number of piperidine rings is 7. The third-order valence-electron chi connectivity index (χ3n) is 23.8. The van der Waals surface area contributed by atoms with Gasteiger partial charge in [-0.25, -0.2) is 54.2 Å². The van der Waals surface area contributed by atoms with Crippen LogP contribution >= 0.6 is 0 Å². The Morgan fingerprint density at radius 2 is 0.842 bits per heavy atom. The van der Waals surface area contributed by atoms with Gasteiger partial charge in [-0.2, -0.15) is 30.6 Å². The summed E-state index contributed by atoms with van der Waals surface area (Å²) in [7, 11) is 0. The minimum absolute atomic E-state index is 0.0518. The zero-order chi connectivity index (χ0) is 83.6. The van der Waals surface area contributed by atoms with Crippen molar-refractivity contribution in [3.8, 4) is 34.3 Å². The highest BCUT2D eigenvalue weighted by molar-refractivity contribution is 6.01. The van der Waals surface area contributed by atoms with Crippen molar-refractivity contribution in [1.29, 1.82) is 0 Å². The molecule has 1 aromatic carbocycles. The number of fused-ring (bicyclic) bond motifs is 11. The molecule has 12 aromatic rings. The molecule has 18 heterocycles. The summed E-state index contributed by atoms with van der Waals surface area (Å²) >= 11 is 0. The third kappa shape index (κ3) is 17.2. The second-order valence-electron chi connectivity index (χ2n) is 32.4. The summed E-state index contributed by atoms with van der Waals surface area (Å²) in [5.74, 6) is 3.22. The Hall–Kier alpha value is -13.4. The number of hydrogen-bond acceptors (Lipinski definition) is 25. The maximum atomic E-state index is 14.7. The van der Waals surface area contributed by atoms with Gasteiger partial charge in [-0.05, 0) is 220 Å². The van der Waals surface area contributed by atoms with Gasteiger partial charge in [0, 0.05) is 105 Å². The van der Waals surface area contributed by atoms with E-state index in [0.29, 0.717) is 83.1 Å². The van der Waals surface area contributed by atoms with E-state index >= 15 is 0 Å². The highest BCUT2D eigenvalue weighted by Gasteiger charge is 2.51. The quantitative estimate of drug-likeness (QED) is 0.0809. The van der Waals surface area contributed by atoms with Gasteiger partial charge < -0.3 is 40.3 Å². The van der Waals surface area contributed by atoms with Crippen LogP contribution in [0.5, 0.6) is 5.88 Å². The second kappa shape index (κ2) is 34.7. The summed E-state index contributed by atoms with van der Waals surface area (Å²) in [6.07, 6.45) is 32.6. The minimum Gasteiger partial charge on any atom is -0.472 e. The number of rotatable bonds is 16. The van der Waals surface area contributed by atoms with Crippen LogP contribution in [0.15, 0.2) is 172 Å². The third-order valence-corrected chi connectivity index (χ3v) is 23.8. The van der Waals surface area contributed by atoms with Crippen molar-refractivity contribution in [2.45, 2.75) is 167 Å². The molecule has 11 aromatic heterocycles. The topological polar surface area (TPSA) is 360 Å². The van der Waals surface area contributed by atoms with Crippen molar-refractivity contribution in [3.63, 3.8) is 0 Å². The zero-order valence-corrected chi connectivity index (χ0v) is 67.8. The lowest BCUT2D eigenvalue weighted by atomic mass is 9.76. The summed E-state index contributed by atoms with van der Waals surface area (Å²) in [4.78, 5) is 115. The SMILES string of the molecule is Cc1ccc(NC2CC3CCC2N(C(=O)c2nc(C)ccc2-n2nccn2)C3)nc1.Cc1cnc(NC2CC3CCC2N(C(=O)c2nc(C)ccc2-n2nccn2)C3)cn1.Cc1cnc(NC2CC3CCC2N(C(=O)c2nc(C)ccc2-n2nccn2)C3)nc1.[2H]C1(Oc2ccc(C)cn2)CC2CC1N(C(=O)c1cccc(F)c1-c1ncccn1)C2. The molecule has 11 aliphatic rings. The van der Waals surface area contributed by atoms with Gasteiger partial charge in [0.05, 0.1) is 91.9 Å². The van der Waals surface area contributed by atoms with E-state index in [-0.39, 0.29) is 82.7 Å². The van der Waals surface area contributed by atoms with E-state index in [1.54, 1.807) is 91.3 Å². The fourth-order valence-electron chi connectivity index (χ4n) is 18.1. The number of nitrogens with zero attached hydrogens (tertiary/aromatic N) is 24. The Morgan fingerprint density at radius 3 is 1.29 bits per heavy atom. The highest BCUT2D eigenvalue weighted by Crippen LogP contribution is 2.44. The van der Waals surface area contributed by atoms with Crippen LogP contribution in [0.1, 0.15) is 153 Å². The normalized spacial score (nSPS) is 23.5. The van der Waals surface area contributed by atoms with E-state index in [1.165, 1.54) is 38.9 Å². The lowest BCUT2D eigenvalue weighted by molar-refractivity contribution is 0.0272. The van der Waals surface area contributed by atoms with Crippen LogP contribution in [0.3, 0.4) is 0 Å². The number of anilines is 3. The molecule has 614 valence electrons. The van der Waals surface area contributed by atoms with E-state index in [2.05, 4.69) is 107 Å². The lowest BCUT2D eigenvalue weighted by Gasteiger charge is -2.50. The van der Waals surface area contributed by atoms with Crippen molar-refractivity contribution in [3.05, 3.63) is 240 Å². The summed E-state index contributed by atoms with van der Waals surface area (Å²) < 4.78 is 29.6. The van der Waals surface area contributed by atoms with Gasteiger partial charge in [-0.1, -0.05) is 18.2 Å². The summed E-state index contributed by atoms with van der Waals surface area (Å²) in [5, 5.41) is 35.7. The molecule has 11 fully saturated rings. The number of likely N-dealkylation sites (tertiary alicyclic amines) is 1. The van der Waals surface area contributed by atoms with Gasteiger partial charge in [0.15, 0.2) is 22.9 Å². The fraction of sp³-hybridized carbons (Fsp3) is 0.391. The first-order valence-corrected chi connectivity index (χ1v) is 40.9. The smallest absolute Gasteiger partial charge is 0.275 e. The molecule has 12 unspecified atom stereocenters. The maximum Gasteiger partial charge on any atom is 0.275 e. The Kier molecular flexibility index (Phi) is 22.5. The van der Waals surface area contributed by atoms with Crippen molar-refractivity contribution < 1.29 is 29.7 Å². The number of carbonyl (C=O) groups is 4. The van der Waals surface area contributed by atoms with E-state index in [1.807, 2.05) is 118 Å². The van der Waals surface area contributed by atoms with Crippen LogP contribution in [0.4, 0.5) is 22.0 Å². The number of carbonyl (C=O) groups excluding carboxylic acids is 4. The second-order valence-corrected chi connectivity index (χ2v) is 32.4. The standard InChI is InChI=1S/C23H21FN4O2.C22H25N7O.2C21H24N8O/c1-14-6-7-20(27-12-14)30-19-11-15-10-18(19)28(13-15)23(29)16-4-2-5-17(24)21(16)22-25-8-3-9-26-22;1-14-3-8-20(23-12-14)27-17-11-16-5-7-18(17)28(13-16)22(30)21-19(6-4-15(2)26-21)29-24-9-10-25-29;1-13-10-22-21(23-11-13)27-16-9-15-4-6-17(16)28(12-15)20(30)19-18(5-3-14(2)26-19)29-24-7-8-25-29;1-13-3-5-18(29-24-7-8-25-29)20(26-13)21(30)28-12-15-4-6-17(28)16(9-15)27-19-11-22-14(2)10-23-19/h2-9,12,15,18-19H,10-11,13H2,1H3;3-4,6,8-10,12,16-18H,5,7,11,13H2,1-2H3,(H,23,27);3,5,7-8,10-11,15-17H,4,6,9,12H2,1-2H3,(H,22,23,27);3,5,7-8,10-11,15-17H,4,6,9,12H2,1-2H3,(H,23,27)/i19D;;;. The Labute approximate surface area is 694 Å². The molecule has 4 aliphatic carbocycles. The van der Waals surface area contributed by atoms with Crippen molar-refractivity contribution >= 4 is 41.2 Å². The number of ether oxygens (including phenoxy) is 1. The van der Waals surface area contributed by atoms with Crippen LogP contribution in [0.25, 0.3) is 28.5 Å². The molecule has 7 aliphatic heterocycles. The molecule has 8 bridgehead atoms. The van der Waals surface area contributed by atoms with Gasteiger partial charge in [-0.3, -0.25) is 24.2 Å². The van der Waals surface area contributed by atoms with Gasteiger partial charge in [0.1, 0.15) is 40.6 Å². The molecule has 4 saturated carbocycles. The van der Waals surface area contributed by atoms with Crippen LogP contribution in [-0.4, -0.2) is 218 Å². The number of aromatic nitrogens is 20. The van der Waals surface area contributed by atoms with E-state index in [9.17, 15) is 23.6 Å². The van der Waals surface area contributed by atoms with Crippen LogP contribution in [-0.2, 0) is 0 Å². The first kappa shape index (κ1) is 77.9. The Morgan fingerprint density at radius 1 is 0.392 bits per heavy atom. The minimum atomic E-state index is -1.29. The first-order chi connectivity index (χ1) is 58.7. The highest BCUT2D eigenvalue weighted by atomic mass is 19.1. The molecule has 32 nitrogen and oxygen atoms in total. The van der Waals surface area contributed by atoms with Gasteiger partial charge in [-0.15, -0.1) is 14.4 Å². The number of hydrogen-bond donors (Lipinski definition) is 3. The zero-order valence-electron chi connectivity index (χ0n) is 68.8. The van der Waals surface area contributed by atoms with Gasteiger partial charge in [0.2, 0.25) is 11.8 Å². The fourth-order valence-corrected chi connectivity index (χ4v) is 18.1. The van der Waals surface area contributed by atoms with Crippen LogP contribution in [0.2, 0.25) is 0 Å². The van der Waals surface area contributed by atoms with Gasteiger partial charge >= 0.3 is 0 Å². The predicted octanol–water partition coefficient (Wildman–Crippen LogP) is 10.8. The summed E-state index contributed by atoms with van der Waals surface area (Å²) in [5.41, 5.74) is 9.70. The largest absolute Gasteiger partial charge is 0.472 e. The van der Waals surface area contributed by atoms with Crippen molar-refractivity contribution in [2.24, 2.45) is 23.7 Å². The molecule has 33 heteroatoms. The summed E-state index contributed by atoms with van der Waals surface area (Å²) in [6, 6.07) is 25.2. The van der Waals surface area contributed by atoms with E-state index < -0.39 is 17.9 Å². The first-order valence-electron chi connectivity index (χ1n) is 41.4. The van der Waals surface area contributed by atoms with E-state index in [0.717, 1.165) is 129 Å². The van der Waals surface area contributed by atoms with Crippen molar-refractivity contribution in [1.82, 2.24) is 119 Å². The average Bonchev–Trinajstić information content (AvgIpc) is 1.68. The molecule has 7 saturated heterocycles. The number of benzene rings is 1. The molecular weight excluding hydrogens is 1520 g/mol. The number of halogens is 1. The molecule has 3 N–H and O–H groups in total. The number of pyridine rings is 5. The molecule has 0 radical (unpaired) electrons. The maximum absolute atomic E-state index is 14.7. The average molecular weight is 1620 g/mol. The molecule has 0 spiro atoms. The predicted molar refractivity (Wildman–Crippen MR) is 441 cm³/mol. The Bertz CT molecular complexity index is 5260. The van der Waals surface area contributed by atoms with Crippen LogP contribution < -0.4 is 20.7 Å². The van der Waals surface area contributed by atoms with Crippen LogP contribution in [0, 0.1) is 78.0 Å². The Balaban J connectivity index is 0.000000115. The number of aryl methyl sites for hydroxylation is 7. The number of amides is 4. The van der Waals surface area contributed by atoms with Crippen molar-refractivity contribution in [2.75, 3.05) is 42.1 Å². The molecular formula is C87H94FN27O5. The number of nitrogens with one attached hydrogen (secondary N) is 3. The van der Waals surface area contributed by atoms with E-state index in [4.69, 9.17) is 6.11 Å². The molecule has 12 atom stereocenters. The summed E-state index contributed by atoms with van der Waals surface area (Å²) in [6.45, 7) is 16.3. The molecule has 120 heavy (non-hydrogen) atoms. The monoisotopic (exact) mass is 1620 g/mol. The molecule has 23 rings (SSSR count). The van der Waals surface area contributed by atoms with Gasteiger partial charge in [0.25, 0.3) is 23.6 Å². The molecule has 4 amide bonds. The lowest BCUT2D eigenvalue weighted by Crippen LogP contribution is -2.60.